The minimum Gasteiger partial charge on any atom is -0.411 e. The molecular formula is C33H37F3N2O3. The molecule has 1 N–H and O–H groups in total. The fourth-order valence-corrected chi connectivity index (χ4v) is 8.87. The van der Waals surface area contributed by atoms with Crippen molar-refractivity contribution in [1.29, 1.82) is 0 Å². The standard InChI is InChI=1S/C33H37F3N2O3/c1-21(39)32(13-14-33(34,35)36)12-11-29-27-9-5-23-19-24(37-40)6-10-26(23)30(27)28(20-31(29,32)2)22-3-7-25(8-4-22)38-15-17-41-18-16-38/h3-4,7-8,19,27-29,40H,5-6,9-12,15-18,20H2,1-2H3/t27-,28+,29-,31-,32-/m0/s1. The molecule has 0 aromatic heterocycles. The molecule has 41 heavy (non-hydrogen) atoms. The Bertz CT molecular complexity index is 1380. The largest absolute Gasteiger partial charge is 0.457 e. The van der Waals surface area contributed by atoms with Gasteiger partial charge in [-0.05, 0) is 104 Å². The lowest BCUT2D eigenvalue weighted by Crippen LogP contribution is -2.50. The third kappa shape index (κ3) is 4.70. The quantitative estimate of drug-likeness (QED) is 0.248. The number of carbonyl (C=O) groups excluding carboxylic acids is 1. The van der Waals surface area contributed by atoms with E-state index in [0.717, 1.165) is 43.6 Å². The van der Waals surface area contributed by atoms with E-state index in [1.54, 1.807) is 0 Å². The zero-order valence-corrected chi connectivity index (χ0v) is 23.7. The predicted octanol–water partition coefficient (Wildman–Crippen LogP) is 6.82. The molecule has 0 bridgehead atoms. The van der Waals surface area contributed by atoms with Crippen LogP contribution in [0.3, 0.4) is 0 Å². The first kappa shape index (κ1) is 28.1. The van der Waals surface area contributed by atoms with Gasteiger partial charge in [0.05, 0.1) is 24.3 Å². The van der Waals surface area contributed by atoms with Gasteiger partial charge >= 0.3 is 6.18 Å². The lowest BCUT2D eigenvalue weighted by atomic mass is 9.48. The van der Waals surface area contributed by atoms with Gasteiger partial charge in [-0.2, -0.15) is 13.2 Å². The highest BCUT2D eigenvalue weighted by Crippen LogP contribution is 2.69. The fourth-order valence-electron chi connectivity index (χ4n) is 8.87. The number of nitrogens with zero attached hydrogens (tertiary/aromatic N) is 2. The predicted molar refractivity (Wildman–Crippen MR) is 151 cm³/mol. The van der Waals surface area contributed by atoms with Crippen molar-refractivity contribution in [2.24, 2.45) is 27.8 Å². The number of oxime groups is 1. The van der Waals surface area contributed by atoms with Gasteiger partial charge in [0.25, 0.3) is 0 Å². The Kier molecular flexibility index (Phi) is 7.09. The molecule has 5 nitrogen and oxygen atoms in total. The molecule has 5 aliphatic rings. The number of benzene rings is 1. The Labute approximate surface area is 239 Å². The van der Waals surface area contributed by atoms with Crippen LogP contribution in [0.2, 0.25) is 0 Å². The fraction of sp³-hybridized carbons (Fsp3) is 0.576. The molecule has 1 aromatic rings. The van der Waals surface area contributed by atoms with Crippen LogP contribution < -0.4 is 4.90 Å². The number of ether oxygens (including phenoxy) is 1. The average molecular weight is 567 g/mol. The zero-order valence-electron chi connectivity index (χ0n) is 23.7. The van der Waals surface area contributed by atoms with E-state index >= 15 is 0 Å². The van der Waals surface area contributed by atoms with Crippen LogP contribution in [0, 0.1) is 34.5 Å². The highest BCUT2D eigenvalue weighted by Gasteiger charge is 2.65. The van der Waals surface area contributed by atoms with Crippen LogP contribution in [-0.2, 0) is 9.53 Å². The summed E-state index contributed by atoms with van der Waals surface area (Å²) >= 11 is 0. The molecule has 0 amide bonds. The van der Waals surface area contributed by atoms with Gasteiger partial charge in [0.15, 0.2) is 0 Å². The molecule has 2 saturated carbocycles. The molecule has 4 aliphatic carbocycles. The monoisotopic (exact) mass is 566 g/mol. The van der Waals surface area contributed by atoms with Gasteiger partial charge in [-0.1, -0.05) is 35.7 Å². The Morgan fingerprint density at radius 3 is 2.51 bits per heavy atom. The molecule has 6 rings (SSSR count). The molecule has 1 heterocycles. The summed E-state index contributed by atoms with van der Waals surface area (Å²) in [5.41, 5.74) is 4.85. The number of alkyl halides is 3. The number of fused-ring (bicyclic) bond motifs is 4. The maximum atomic E-state index is 13.4. The van der Waals surface area contributed by atoms with Crippen LogP contribution in [-0.4, -0.2) is 49.2 Å². The van der Waals surface area contributed by atoms with Crippen molar-refractivity contribution < 1.29 is 27.9 Å². The summed E-state index contributed by atoms with van der Waals surface area (Å²) in [5, 5.41) is 12.9. The second-order valence-electron chi connectivity index (χ2n) is 12.6. The van der Waals surface area contributed by atoms with Crippen molar-refractivity contribution in [3.05, 3.63) is 52.6 Å². The minimum atomic E-state index is -4.65. The van der Waals surface area contributed by atoms with E-state index < -0.39 is 17.0 Å². The van der Waals surface area contributed by atoms with Crippen LogP contribution in [0.25, 0.3) is 0 Å². The van der Waals surface area contributed by atoms with Crippen molar-refractivity contribution >= 4 is 17.2 Å². The number of Topliss-reactive ketones (excluding diaryl/α,β-unsaturated/α-hetero) is 1. The van der Waals surface area contributed by atoms with Gasteiger partial charge in [-0.15, -0.1) is 0 Å². The number of rotatable bonds is 3. The summed E-state index contributed by atoms with van der Waals surface area (Å²) < 4.78 is 45.7. The molecule has 8 heteroatoms. The summed E-state index contributed by atoms with van der Waals surface area (Å²) in [5.74, 6) is 4.04. The number of ketones is 1. The summed E-state index contributed by atoms with van der Waals surface area (Å²) in [4.78, 5) is 15.6. The molecular weight excluding hydrogens is 529 g/mol. The Morgan fingerprint density at radius 1 is 1.12 bits per heavy atom. The minimum absolute atomic E-state index is 0.0317. The Hall–Kier alpha value is -3.05. The van der Waals surface area contributed by atoms with Gasteiger partial charge in [0.1, 0.15) is 5.78 Å². The third-order valence-electron chi connectivity index (χ3n) is 10.8. The van der Waals surface area contributed by atoms with Gasteiger partial charge in [-0.25, -0.2) is 0 Å². The number of carbonyl (C=O) groups is 1. The van der Waals surface area contributed by atoms with Crippen LogP contribution in [0.15, 0.2) is 52.2 Å². The van der Waals surface area contributed by atoms with Crippen LogP contribution in [0.4, 0.5) is 18.9 Å². The molecule has 0 spiro atoms. The topological polar surface area (TPSA) is 62.1 Å². The van der Waals surface area contributed by atoms with Crippen molar-refractivity contribution in [3.8, 4) is 11.8 Å². The molecule has 5 atom stereocenters. The van der Waals surface area contributed by atoms with Gasteiger partial charge < -0.3 is 14.8 Å². The number of hydrogen-bond acceptors (Lipinski definition) is 5. The Morgan fingerprint density at radius 2 is 1.85 bits per heavy atom. The number of morpholine rings is 1. The Balaban J connectivity index is 1.48. The van der Waals surface area contributed by atoms with Crippen molar-refractivity contribution in [2.45, 2.75) is 70.9 Å². The number of allylic oxidation sites excluding steroid dienone is 4. The highest BCUT2D eigenvalue weighted by atomic mass is 19.4. The number of halogens is 3. The SMILES string of the molecule is CC(=O)[C@@]1(C#CC(F)(F)F)CC[C@H]2[C@@H]3CCC4=CC(=NO)CCC4=C3[C@@H](c3ccc(N4CCOCC4)cc3)C[C@@]21C. The van der Waals surface area contributed by atoms with E-state index in [4.69, 9.17) is 4.74 Å². The van der Waals surface area contributed by atoms with E-state index in [2.05, 4.69) is 40.2 Å². The van der Waals surface area contributed by atoms with E-state index in [0.29, 0.717) is 44.6 Å². The van der Waals surface area contributed by atoms with Crippen molar-refractivity contribution in [2.75, 3.05) is 31.2 Å². The van der Waals surface area contributed by atoms with Crippen molar-refractivity contribution in [1.82, 2.24) is 0 Å². The summed E-state index contributed by atoms with van der Waals surface area (Å²) in [7, 11) is 0. The molecule has 1 saturated heterocycles. The van der Waals surface area contributed by atoms with E-state index in [1.807, 2.05) is 13.0 Å². The van der Waals surface area contributed by atoms with Crippen molar-refractivity contribution in [3.63, 3.8) is 0 Å². The van der Waals surface area contributed by atoms with E-state index in [-0.39, 0.29) is 23.5 Å². The first-order valence-electron chi connectivity index (χ1n) is 14.8. The van der Waals surface area contributed by atoms with E-state index in [9.17, 15) is 23.2 Å². The maximum absolute atomic E-state index is 13.4. The first-order chi connectivity index (χ1) is 19.6. The molecule has 0 unspecified atom stereocenters. The molecule has 1 aliphatic heterocycles. The highest BCUT2D eigenvalue weighted by molar-refractivity contribution is 5.97. The van der Waals surface area contributed by atoms with Gasteiger partial charge in [-0.3, -0.25) is 4.79 Å². The van der Waals surface area contributed by atoms with Crippen LogP contribution >= 0.6 is 0 Å². The lowest BCUT2D eigenvalue weighted by Gasteiger charge is -2.54. The average Bonchev–Trinajstić information content (AvgIpc) is 3.28. The second-order valence-corrected chi connectivity index (χ2v) is 12.6. The first-order valence-corrected chi connectivity index (χ1v) is 14.8. The summed E-state index contributed by atoms with van der Waals surface area (Å²) in [6, 6.07) is 8.61. The smallest absolute Gasteiger partial charge is 0.411 e. The summed E-state index contributed by atoms with van der Waals surface area (Å²) in [6.45, 7) is 6.53. The number of hydrogen-bond donors (Lipinski definition) is 1. The molecule has 1 aromatic carbocycles. The van der Waals surface area contributed by atoms with Gasteiger partial charge in [0.2, 0.25) is 0 Å². The molecule has 0 radical (unpaired) electrons. The molecule has 3 fully saturated rings. The van der Waals surface area contributed by atoms with Gasteiger partial charge in [0, 0.05) is 30.6 Å². The van der Waals surface area contributed by atoms with Crippen LogP contribution in [0.5, 0.6) is 0 Å². The lowest BCUT2D eigenvalue weighted by molar-refractivity contribution is -0.130. The molecule has 218 valence electrons. The third-order valence-corrected chi connectivity index (χ3v) is 10.8. The maximum Gasteiger partial charge on any atom is 0.457 e. The van der Waals surface area contributed by atoms with Crippen LogP contribution in [0.1, 0.15) is 70.3 Å². The zero-order chi connectivity index (χ0) is 29.0. The summed E-state index contributed by atoms with van der Waals surface area (Å²) in [6.07, 6.45) is 2.13. The normalized spacial score (nSPS) is 34.3. The van der Waals surface area contributed by atoms with E-state index in [1.165, 1.54) is 29.6 Å². The number of anilines is 1. The second kappa shape index (κ2) is 10.3.